The summed E-state index contributed by atoms with van der Waals surface area (Å²) >= 11 is 0. The largest absolute Gasteiger partial charge is 0.383 e. The Hall–Kier alpha value is -1.41. The van der Waals surface area contributed by atoms with Crippen molar-refractivity contribution in [3.05, 3.63) is 35.4 Å². The molecule has 0 spiro atoms. The highest BCUT2D eigenvalue weighted by Gasteiger charge is 2.18. The number of methoxy groups -OCH3 is 1. The molecule has 0 amide bonds. The van der Waals surface area contributed by atoms with Gasteiger partial charge in [0.1, 0.15) is 0 Å². The van der Waals surface area contributed by atoms with Gasteiger partial charge in [0.15, 0.2) is 0 Å². The summed E-state index contributed by atoms with van der Waals surface area (Å²) in [5.41, 5.74) is 1.98. The number of likely N-dealkylation sites (tertiary alicyclic amines) is 1. The lowest BCUT2D eigenvalue weighted by Crippen LogP contribution is -2.43. The maximum Gasteiger partial charge on any atom is 0.0991 e. The SMILES string of the molecule is COCCNC1CCN(Cc2cccc(C#N)c2)CC1. The first kappa shape index (κ1) is 15.0. The minimum absolute atomic E-state index is 0.617. The van der Waals surface area contributed by atoms with E-state index in [4.69, 9.17) is 10.00 Å². The Morgan fingerprint density at radius 1 is 1.40 bits per heavy atom. The second kappa shape index (κ2) is 8.01. The van der Waals surface area contributed by atoms with E-state index in [0.717, 1.165) is 38.3 Å². The lowest BCUT2D eigenvalue weighted by molar-refractivity contribution is 0.168. The fourth-order valence-electron chi connectivity index (χ4n) is 2.66. The summed E-state index contributed by atoms with van der Waals surface area (Å²) in [4.78, 5) is 2.46. The predicted molar refractivity (Wildman–Crippen MR) is 79.3 cm³/mol. The molecule has 1 fully saturated rings. The van der Waals surface area contributed by atoms with Crippen LogP contribution in [-0.4, -0.2) is 44.3 Å². The van der Waals surface area contributed by atoms with Crippen LogP contribution in [0.3, 0.4) is 0 Å². The zero-order valence-corrected chi connectivity index (χ0v) is 12.1. The fourth-order valence-corrected chi connectivity index (χ4v) is 2.66. The third-order valence-corrected chi connectivity index (χ3v) is 3.79. The van der Waals surface area contributed by atoms with E-state index in [1.165, 1.54) is 18.4 Å². The lowest BCUT2D eigenvalue weighted by Gasteiger charge is -2.32. The minimum atomic E-state index is 0.617. The molecule has 4 nitrogen and oxygen atoms in total. The summed E-state index contributed by atoms with van der Waals surface area (Å²) in [7, 11) is 1.74. The molecule has 0 saturated carbocycles. The number of piperidine rings is 1. The van der Waals surface area contributed by atoms with Gasteiger partial charge in [0.2, 0.25) is 0 Å². The Bertz CT molecular complexity index is 447. The topological polar surface area (TPSA) is 48.3 Å². The number of ether oxygens (including phenoxy) is 1. The highest BCUT2D eigenvalue weighted by atomic mass is 16.5. The van der Waals surface area contributed by atoms with E-state index in [9.17, 15) is 0 Å². The van der Waals surface area contributed by atoms with Crippen LogP contribution in [0.25, 0.3) is 0 Å². The molecule has 4 heteroatoms. The molecule has 0 aliphatic carbocycles. The van der Waals surface area contributed by atoms with Gasteiger partial charge >= 0.3 is 0 Å². The van der Waals surface area contributed by atoms with Crippen LogP contribution in [0.5, 0.6) is 0 Å². The first-order valence-corrected chi connectivity index (χ1v) is 7.25. The van der Waals surface area contributed by atoms with Crippen molar-refractivity contribution in [1.82, 2.24) is 10.2 Å². The molecular weight excluding hydrogens is 250 g/mol. The molecule has 2 rings (SSSR count). The molecule has 1 aromatic carbocycles. The van der Waals surface area contributed by atoms with Crippen molar-refractivity contribution in [2.75, 3.05) is 33.4 Å². The van der Waals surface area contributed by atoms with Crippen molar-refractivity contribution in [2.45, 2.75) is 25.4 Å². The highest BCUT2D eigenvalue weighted by molar-refractivity contribution is 5.32. The Balaban J connectivity index is 1.75. The highest BCUT2D eigenvalue weighted by Crippen LogP contribution is 2.14. The van der Waals surface area contributed by atoms with Gasteiger partial charge < -0.3 is 10.1 Å². The average molecular weight is 273 g/mol. The van der Waals surface area contributed by atoms with Crippen molar-refractivity contribution in [3.8, 4) is 6.07 Å². The van der Waals surface area contributed by atoms with Crippen molar-refractivity contribution in [3.63, 3.8) is 0 Å². The first-order valence-electron chi connectivity index (χ1n) is 7.25. The molecule has 0 unspecified atom stereocenters. The normalized spacial score (nSPS) is 17.0. The van der Waals surface area contributed by atoms with Crippen molar-refractivity contribution < 1.29 is 4.74 Å². The number of nitriles is 1. The number of rotatable bonds is 6. The summed E-state index contributed by atoms with van der Waals surface area (Å²) in [6.07, 6.45) is 2.36. The molecule has 20 heavy (non-hydrogen) atoms. The monoisotopic (exact) mass is 273 g/mol. The molecule has 1 N–H and O–H groups in total. The van der Waals surface area contributed by atoms with Gasteiger partial charge in [0.25, 0.3) is 0 Å². The number of hydrogen-bond donors (Lipinski definition) is 1. The Morgan fingerprint density at radius 2 is 2.20 bits per heavy atom. The molecule has 1 aliphatic heterocycles. The molecule has 0 atom stereocenters. The molecule has 108 valence electrons. The molecular formula is C16H23N3O. The quantitative estimate of drug-likeness (QED) is 0.802. The van der Waals surface area contributed by atoms with Gasteiger partial charge in [0.05, 0.1) is 18.2 Å². The second-order valence-corrected chi connectivity index (χ2v) is 5.31. The standard InChI is InChI=1S/C16H23N3O/c1-20-10-7-18-16-5-8-19(9-6-16)13-15-4-2-3-14(11-15)12-17/h2-4,11,16,18H,5-10,13H2,1H3. The summed E-state index contributed by atoms with van der Waals surface area (Å²) in [5.74, 6) is 0. The maximum atomic E-state index is 8.92. The Labute approximate surface area is 121 Å². The zero-order valence-electron chi connectivity index (χ0n) is 12.1. The van der Waals surface area contributed by atoms with Crippen molar-refractivity contribution in [2.24, 2.45) is 0 Å². The van der Waals surface area contributed by atoms with Crippen LogP contribution in [0.15, 0.2) is 24.3 Å². The van der Waals surface area contributed by atoms with E-state index in [1.807, 2.05) is 18.2 Å². The molecule has 0 bridgehead atoms. The minimum Gasteiger partial charge on any atom is -0.383 e. The summed E-state index contributed by atoms with van der Waals surface area (Å²) in [6, 6.07) is 10.7. The van der Waals surface area contributed by atoms with E-state index in [0.29, 0.717) is 6.04 Å². The van der Waals surface area contributed by atoms with Gasteiger partial charge in [-0.05, 0) is 43.6 Å². The van der Waals surface area contributed by atoms with Crippen LogP contribution in [0.2, 0.25) is 0 Å². The molecule has 0 aromatic heterocycles. The van der Waals surface area contributed by atoms with Gasteiger partial charge in [-0.15, -0.1) is 0 Å². The molecule has 0 radical (unpaired) electrons. The Kier molecular flexibility index (Phi) is 6.00. The smallest absolute Gasteiger partial charge is 0.0991 e. The molecule has 1 saturated heterocycles. The van der Waals surface area contributed by atoms with Crippen LogP contribution in [-0.2, 0) is 11.3 Å². The third-order valence-electron chi connectivity index (χ3n) is 3.79. The van der Waals surface area contributed by atoms with Gasteiger partial charge in [-0.1, -0.05) is 12.1 Å². The zero-order chi connectivity index (χ0) is 14.2. The van der Waals surface area contributed by atoms with E-state index in [-0.39, 0.29) is 0 Å². The Morgan fingerprint density at radius 3 is 2.90 bits per heavy atom. The maximum absolute atomic E-state index is 8.92. The average Bonchev–Trinajstić information content (AvgIpc) is 2.49. The van der Waals surface area contributed by atoms with Gasteiger partial charge in [0, 0.05) is 26.2 Å². The van der Waals surface area contributed by atoms with E-state index < -0.39 is 0 Å². The van der Waals surface area contributed by atoms with Crippen LogP contribution in [0.1, 0.15) is 24.0 Å². The number of hydrogen-bond acceptors (Lipinski definition) is 4. The predicted octanol–water partition coefficient (Wildman–Crippen LogP) is 1.76. The van der Waals surface area contributed by atoms with Crippen molar-refractivity contribution >= 4 is 0 Å². The van der Waals surface area contributed by atoms with Crippen molar-refractivity contribution in [1.29, 1.82) is 5.26 Å². The number of nitrogens with one attached hydrogen (secondary N) is 1. The molecule has 1 aromatic rings. The van der Waals surface area contributed by atoms with Gasteiger partial charge in [-0.3, -0.25) is 4.90 Å². The number of nitrogens with zero attached hydrogens (tertiary/aromatic N) is 2. The summed E-state index contributed by atoms with van der Waals surface area (Å²) in [6.45, 7) is 4.88. The van der Waals surface area contributed by atoms with Crippen LogP contribution in [0, 0.1) is 11.3 Å². The first-order chi connectivity index (χ1) is 9.81. The van der Waals surface area contributed by atoms with Gasteiger partial charge in [-0.25, -0.2) is 0 Å². The van der Waals surface area contributed by atoms with Gasteiger partial charge in [-0.2, -0.15) is 5.26 Å². The van der Waals surface area contributed by atoms with Crippen LogP contribution in [0.4, 0.5) is 0 Å². The second-order valence-electron chi connectivity index (χ2n) is 5.31. The number of benzene rings is 1. The van der Waals surface area contributed by atoms with Crippen LogP contribution < -0.4 is 5.32 Å². The third kappa shape index (κ3) is 4.61. The molecule has 1 aliphatic rings. The summed E-state index contributed by atoms with van der Waals surface area (Å²) < 4.78 is 5.06. The lowest BCUT2D eigenvalue weighted by atomic mass is 10.0. The van der Waals surface area contributed by atoms with E-state index >= 15 is 0 Å². The van der Waals surface area contributed by atoms with E-state index in [2.05, 4.69) is 22.4 Å². The summed E-state index contributed by atoms with van der Waals surface area (Å²) in [5, 5.41) is 12.5. The fraction of sp³-hybridized carbons (Fsp3) is 0.562. The van der Waals surface area contributed by atoms with E-state index in [1.54, 1.807) is 7.11 Å². The molecule has 1 heterocycles. The van der Waals surface area contributed by atoms with Crippen LogP contribution >= 0.6 is 0 Å².